The van der Waals surface area contributed by atoms with Crippen molar-refractivity contribution in [2.24, 2.45) is 0 Å². The highest BCUT2D eigenvalue weighted by atomic mass is 19.4. The van der Waals surface area contributed by atoms with Gasteiger partial charge in [0.05, 0.1) is 13.7 Å². The number of methoxy groups -OCH3 is 1. The van der Waals surface area contributed by atoms with E-state index in [0.29, 0.717) is 11.3 Å². The molecule has 0 saturated carbocycles. The lowest BCUT2D eigenvalue weighted by Gasteiger charge is -2.08. The van der Waals surface area contributed by atoms with Crippen LogP contribution in [0.4, 0.5) is 13.2 Å². The zero-order valence-corrected chi connectivity index (χ0v) is 13.9. The van der Waals surface area contributed by atoms with E-state index < -0.39 is 34.9 Å². The second-order valence-corrected chi connectivity index (χ2v) is 5.01. The van der Waals surface area contributed by atoms with Gasteiger partial charge in [-0.1, -0.05) is 18.2 Å². The van der Waals surface area contributed by atoms with Crippen molar-refractivity contribution in [2.45, 2.75) is 13.1 Å². The molecule has 0 amide bonds. The number of hydrogen-bond acceptors (Lipinski definition) is 5. The van der Waals surface area contributed by atoms with Gasteiger partial charge in [0, 0.05) is 0 Å². The molecule has 1 heterocycles. The maximum atomic E-state index is 13.3. The molecule has 138 valence electrons. The summed E-state index contributed by atoms with van der Waals surface area (Å²) in [7, 11) is 1.49. The van der Waals surface area contributed by atoms with Crippen LogP contribution < -0.4 is 4.74 Å². The van der Waals surface area contributed by atoms with E-state index in [0.717, 1.165) is 6.08 Å². The highest BCUT2D eigenvalue weighted by molar-refractivity contribution is 6.08. The van der Waals surface area contributed by atoms with Gasteiger partial charge in [0.25, 0.3) is 0 Å². The van der Waals surface area contributed by atoms with Gasteiger partial charge in [-0.2, -0.15) is 18.3 Å². The van der Waals surface area contributed by atoms with Crippen molar-refractivity contribution >= 4 is 17.8 Å². The monoisotopic (exact) mass is 368 g/mol. The number of hydrogen-bond donors (Lipinski definition) is 1. The van der Waals surface area contributed by atoms with E-state index in [1.807, 2.05) is 5.10 Å². The van der Waals surface area contributed by atoms with Gasteiger partial charge in [-0.3, -0.25) is 9.89 Å². The first-order chi connectivity index (χ1) is 12.3. The van der Waals surface area contributed by atoms with Crippen LogP contribution in [0.3, 0.4) is 0 Å². The molecule has 0 aliphatic heterocycles. The zero-order chi connectivity index (χ0) is 19.3. The first-order valence-corrected chi connectivity index (χ1v) is 7.47. The molecule has 0 atom stereocenters. The van der Waals surface area contributed by atoms with Crippen LogP contribution in [0.25, 0.3) is 6.08 Å². The fraction of sp³-hybridized carbons (Fsp3) is 0.235. The van der Waals surface area contributed by atoms with Gasteiger partial charge < -0.3 is 9.47 Å². The van der Waals surface area contributed by atoms with Crippen LogP contribution in [0.1, 0.15) is 39.0 Å². The van der Waals surface area contributed by atoms with Gasteiger partial charge in [-0.15, -0.1) is 0 Å². The van der Waals surface area contributed by atoms with Crippen LogP contribution in [0.2, 0.25) is 0 Å². The predicted octanol–water partition coefficient (Wildman–Crippen LogP) is 3.51. The summed E-state index contributed by atoms with van der Waals surface area (Å²) >= 11 is 0. The number of carbonyl (C=O) groups excluding carboxylic acids is 2. The maximum Gasteiger partial charge on any atom is 0.421 e. The molecule has 0 bridgehead atoms. The fourth-order valence-corrected chi connectivity index (χ4v) is 2.11. The first-order valence-electron chi connectivity index (χ1n) is 7.47. The van der Waals surface area contributed by atoms with Gasteiger partial charge in [0.1, 0.15) is 17.0 Å². The Bertz CT molecular complexity index is 824. The maximum absolute atomic E-state index is 13.3. The van der Waals surface area contributed by atoms with Gasteiger partial charge >= 0.3 is 12.1 Å². The van der Waals surface area contributed by atoms with Crippen LogP contribution >= 0.6 is 0 Å². The zero-order valence-electron chi connectivity index (χ0n) is 13.9. The summed E-state index contributed by atoms with van der Waals surface area (Å²) in [4.78, 5) is 23.8. The molecular weight excluding hydrogens is 353 g/mol. The number of nitrogens with one attached hydrogen (secondary N) is 1. The van der Waals surface area contributed by atoms with Crippen molar-refractivity contribution < 1.29 is 32.2 Å². The molecule has 0 saturated heterocycles. The lowest BCUT2D eigenvalue weighted by atomic mass is 10.1. The minimum absolute atomic E-state index is 0.115. The van der Waals surface area contributed by atoms with Crippen LogP contribution in [-0.2, 0) is 10.9 Å². The Kier molecular flexibility index (Phi) is 5.81. The Hall–Kier alpha value is -3.10. The van der Waals surface area contributed by atoms with Crippen molar-refractivity contribution in [3.8, 4) is 5.75 Å². The molecule has 0 aliphatic carbocycles. The number of nitrogens with zero attached hydrogens (tertiary/aromatic N) is 1. The molecule has 9 heteroatoms. The number of benzene rings is 1. The Morgan fingerprint density at radius 2 is 1.88 bits per heavy atom. The SMILES string of the molecule is CCOC(=O)c1[nH]nc(C(=O)C=Cc2ccc(OC)cc2)c1C(F)(F)F. The summed E-state index contributed by atoms with van der Waals surface area (Å²) in [5.74, 6) is -1.63. The quantitative estimate of drug-likeness (QED) is 0.479. The van der Waals surface area contributed by atoms with E-state index >= 15 is 0 Å². The number of aromatic amines is 1. The lowest BCUT2D eigenvalue weighted by molar-refractivity contribution is -0.138. The fourth-order valence-electron chi connectivity index (χ4n) is 2.11. The van der Waals surface area contributed by atoms with Gasteiger partial charge in [-0.25, -0.2) is 4.79 Å². The highest BCUT2D eigenvalue weighted by Gasteiger charge is 2.42. The van der Waals surface area contributed by atoms with Crippen molar-refractivity contribution in [3.63, 3.8) is 0 Å². The van der Waals surface area contributed by atoms with Crippen LogP contribution in [0.5, 0.6) is 5.75 Å². The van der Waals surface area contributed by atoms with Crippen LogP contribution in [0.15, 0.2) is 30.3 Å². The molecule has 2 aromatic rings. The number of ether oxygens (including phenoxy) is 2. The van der Waals surface area contributed by atoms with Crippen LogP contribution in [0, 0.1) is 0 Å². The Morgan fingerprint density at radius 3 is 2.42 bits per heavy atom. The first kappa shape index (κ1) is 19.2. The third kappa shape index (κ3) is 4.29. The van der Waals surface area contributed by atoms with E-state index in [9.17, 15) is 22.8 Å². The molecule has 1 aromatic heterocycles. The second kappa shape index (κ2) is 7.85. The van der Waals surface area contributed by atoms with E-state index in [1.54, 1.807) is 24.3 Å². The molecular formula is C17H15F3N2O4. The molecule has 0 fully saturated rings. The van der Waals surface area contributed by atoms with Crippen molar-refractivity contribution in [3.05, 3.63) is 52.9 Å². The third-order valence-corrected chi connectivity index (χ3v) is 3.31. The average Bonchev–Trinajstić information content (AvgIpc) is 3.06. The molecule has 6 nitrogen and oxygen atoms in total. The summed E-state index contributed by atoms with van der Waals surface area (Å²) in [5.41, 5.74) is -2.67. The predicted molar refractivity (Wildman–Crippen MR) is 85.9 cm³/mol. The smallest absolute Gasteiger partial charge is 0.421 e. The van der Waals surface area contributed by atoms with E-state index in [2.05, 4.69) is 9.84 Å². The van der Waals surface area contributed by atoms with E-state index in [1.165, 1.54) is 20.1 Å². The number of esters is 1. The van der Waals surface area contributed by atoms with Crippen molar-refractivity contribution in [1.29, 1.82) is 0 Å². The molecule has 1 N–H and O–H groups in total. The van der Waals surface area contributed by atoms with E-state index in [-0.39, 0.29) is 6.61 Å². The number of rotatable bonds is 6. The number of ketones is 1. The third-order valence-electron chi connectivity index (χ3n) is 3.31. The Labute approximate surface area is 146 Å². The number of H-pyrrole nitrogens is 1. The van der Waals surface area contributed by atoms with Gasteiger partial charge in [0.2, 0.25) is 5.78 Å². The molecule has 2 rings (SSSR count). The van der Waals surface area contributed by atoms with Crippen molar-refractivity contribution in [1.82, 2.24) is 10.2 Å². The van der Waals surface area contributed by atoms with Gasteiger partial charge in [0.15, 0.2) is 5.69 Å². The largest absolute Gasteiger partial charge is 0.497 e. The Morgan fingerprint density at radius 1 is 1.23 bits per heavy atom. The highest BCUT2D eigenvalue weighted by Crippen LogP contribution is 2.34. The molecule has 0 radical (unpaired) electrons. The standard InChI is InChI=1S/C17H15F3N2O4/c1-3-26-16(24)15-13(17(18,19)20)14(21-22-15)12(23)9-6-10-4-7-11(25-2)8-5-10/h4-9H,3H2,1-2H3,(H,21,22). The van der Waals surface area contributed by atoms with E-state index in [4.69, 9.17) is 4.74 Å². The topological polar surface area (TPSA) is 81.3 Å². The Balaban J connectivity index is 2.33. The lowest BCUT2D eigenvalue weighted by Crippen LogP contribution is -2.17. The summed E-state index contributed by atoms with van der Waals surface area (Å²) in [6.45, 7) is 1.33. The van der Waals surface area contributed by atoms with Crippen LogP contribution in [-0.4, -0.2) is 35.7 Å². The summed E-state index contributed by atoms with van der Waals surface area (Å²) < 4.78 is 49.4. The molecule has 0 unspecified atom stereocenters. The molecule has 1 aromatic carbocycles. The number of aromatic nitrogens is 2. The number of alkyl halides is 3. The summed E-state index contributed by atoms with van der Waals surface area (Å²) in [6.07, 6.45) is -2.67. The average molecular weight is 368 g/mol. The minimum atomic E-state index is -4.95. The number of carbonyl (C=O) groups is 2. The number of allylic oxidation sites excluding steroid dienone is 1. The summed E-state index contributed by atoms with van der Waals surface area (Å²) in [6, 6.07) is 6.53. The number of halogens is 3. The van der Waals surface area contributed by atoms with Gasteiger partial charge in [-0.05, 0) is 30.7 Å². The molecule has 0 spiro atoms. The second-order valence-electron chi connectivity index (χ2n) is 5.01. The minimum Gasteiger partial charge on any atom is -0.497 e. The van der Waals surface area contributed by atoms with Crippen molar-refractivity contribution in [2.75, 3.05) is 13.7 Å². The molecule has 26 heavy (non-hydrogen) atoms. The molecule has 0 aliphatic rings. The summed E-state index contributed by atoms with van der Waals surface area (Å²) in [5, 5.41) is 5.30. The normalized spacial score (nSPS) is 11.6.